The first-order valence-electron chi connectivity index (χ1n) is 9.13. The van der Waals surface area contributed by atoms with E-state index in [4.69, 9.17) is 4.52 Å². The molecule has 0 aliphatic carbocycles. The van der Waals surface area contributed by atoms with Gasteiger partial charge in [0.05, 0.1) is 4.88 Å². The molecular weight excluding hydrogens is 390 g/mol. The van der Waals surface area contributed by atoms with Crippen LogP contribution >= 0.6 is 11.3 Å². The maximum atomic E-state index is 12.8. The Morgan fingerprint density at radius 2 is 1.97 bits per heavy atom. The summed E-state index contributed by atoms with van der Waals surface area (Å²) in [6.07, 6.45) is 6.79. The van der Waals surface area contributed by atoms with Crippen molar-refractivity contribution in [1.82, 2.24) is 29.6 Å². The van der Waals surface area contributed by atoms with Gasteiger partial charge < -0.3 is 14.3 Å². The van der Waals surface area contributed by atoms with E-state index >= 15 is 0 Å². The fraction of sp³-hybridized carbons (Fsp3) is 0.211. The molecule has 1 aliphatic rings. The molecule has 0 bridgehead atoms. The van der Waals surface area contributed by atoms with Crippen LogP contribution in [0.4, 0.5) is 5.82 Å². The molecule has 5 heterocycles. The van der Waals surface area contributed by atoms with Crippen molar-refractivity contribution in [3.8, 4) is 16.5 Å². The second kappa shape index (κ2) is 7.47. The summed E-state index contributed by atoms with van der Waals surface area (Å²) in [5.74, 6) is 2.10. The molecule has 5 rings (SSSR count). The summed E-state index contributed by atoms with van der Waals surface area (Å²) in [5.41, 5.74) is 0.339. The van der Waals surface area contributed by atoms with E-state index < -0.39 is 0 Å². The lowest BCUT2D eigenvalue weighted by atomic mass is 10.2. The first-order chi connectivity index (χ1) is 14.3. The number of nitrogens with zero attached hydrogens (tertiary/aromatic N) is 7. The fourth-order valence-electron chi connectivity index (χ4n) is 3.26. The molecule has 4 aromatic rings. The van der Waals surface area contributed by atoms with Gasteiger partial charge in [0.15, 0.2) is 11.5 Å². The smallest absolute Gasteiger partial charge is 0.276 e. The molecule has 9 nitrogen and oxygen atoms in total. The van der Waals surface area contributed by atoms with Crippen molar-refractivity contribution in [3.63, 3.8) is 0 Å². The Bertz CT molecular complexity index is 1100. The second-order valence-corrected chi connectivity index (χ2v) is 7.49. The van der Waals surface area contributed by atoms with E-state index in [1.54, 1.807) is 41.2 Å². The Labute approximate surface area is 170 Å². The van der Waals surface area contributed by atoms with Crippen LogP contribution in [0.2, 0.25) is 0 Å². The minimum Gasteiger partial charge on any atom is -0.355 e. The summed E-state index contributed by atoms with van der Waals surface area (Å²) in [6.45, 7) is 2.54. The average Bonchev–Trinajstić information content (AvgIpc) is 3.55. The summed E-state index contributed by atoms with van der Waals surface area (Å²) in [5, 5.41) is 5.92. The van der Waals surface area contributed by atoms with E-state index in [1.807, 2.05) is 34.3 Å². The van der Waals surface area contributed by atoms with Gasteiger partial charge >= 0.3 is 0 Å². The molecule has 0 unspecified atom stereocenters. The Hall–Kier alpha value is -3.53. The van der Waals surface area contributed by atoms with Crippen molar-refractivity contribution in [2.24, 2.45) is 0 Å². The van der Waals surface area contributed by atoms with E-state index in [0.717, 1.165) is 16.5 Å². The van der Waals surface area contributed by atoms with E-state index in [9.17, 15) is 4.79 Å². The molecule has 1 saturated heterocycles. The predicted molar refractivity (Wildman–Crippen MR) is 107 cm³/mol. The standard InChI is InChI=1S/C19H17N7O2S/c27-19(14-10-15(28-23-14)16-2-1-9-29-16)25-7-5-24(6-8-25)17-11-18(22-12-21-17)26-4-3-20-13-26/h1-4,9-13H,5-8H2. The summed E-state index contributed by atoms with van der Waals surface area (Å²) >= 11 is 1.55. The SMILES string of the molecule is O=C(c1cc(-c2cccs2)on1)N1CCN(c2cc(-n3ccnc3)ncn2)CC1. The number of hydrogen-bond acceptors (Lipinski definition) is 8. The lowest BCUT2D eigenvalue weighted by Crippen LogP contribution is -2.49. The monoisotopic (exact) mass is 407 g/mol. The minimum atomic E-state index is -0.113. The number of amides is 1. The lowest BCUT2D eigenvalue weighted by Gasteiger charge is -2.35. The fourth-order valence-corrected chi connectivity index (χ4v) is 3.93. The predicted octanol–water partition coefficient (Wildman–Crippen LogP) is 2.34. The van der Waals surface area contributed by atoms with E-state index in [1.165, 1.54) is 0 Å². The van der Waals surface area contributed by atoms with Gasteiger partial charge in [0, 0.05) is 50.7 Å². The number of carbonyl (C=O) groups is 1. The largest absolute Gasteiger partial charge is 0.355 e. The number of carbonyl (C=O) groups excluding carboxylic acids is 1. The zero-order chi connectivity index (χ0) is 19.6. The van der Waals surface area contributed by atoms with Crippen molar-refractivity contribution in [3.05, 3.63) is 60.4 Å². The zero-order valence-corrected chi connectivity index (χ0v) is 16.2. The van der Waals surface area contributed by atoms with Crippen molar-refractivity contribution in [2.75, 3.05) is 31.1 Å². The van der Waals surface area contributed by atoms with Crippen LogP contribution in [0.25, 0.3) is 16.5 Å². The van der Waals surface area contributed by atoms with Gasteiger partial charge in [-0.05, 0) is 11.4 Å². The van der Waals surface area contributed by atoms with Crippen molar-refractivity contribution < 1.29 is 9.32 Å². The molecular formula is C19H17N7O2S. The maximum Gasteiger partial charge on any atom is 0.276 e. The van der Waals surface area contributed by atoms with Crippen LogP contribution in [0, 0.1) is 0 Å². The highest BCUT2D eigenvalue weighted by Crippen LogP contribution is 2.26. The summed E-state index contributed by atoms with van der Waals surface area (Å²) in [6, 6.07) is 7.51. The van der Waals surface area contributed by atoms with Gasteiger partial charge in [-0.25, -0.2) is 15.0 Å². The molecule has 0 atom stereocenters. The van der Waals surface area contributed by atoms with Gasteiger partial charge in [0.1, 0.15) is 24.3 Å². The molecule has 29 heavy (non-hydrogen) atoms. The second-order valence-electron chi connectivity index (χ2n) is 6.54. The van der Waals surface area contributed by atoms with Crippen LogP contribution in [0.15, 0.2) is 59.2 Å². The van der Waals surface area contributed by atoms with Crippen LogP contribution in [0.3, 0.4) is 0 Å². The molecule has 0 aromatic carbocycles. The number of hydrogen-bond donors (Lipinski definition) is 0. The topological polar surface area (TPSA) is 93.2 Å². The molecule has 1 amide bonds. The number of piperazine rings is 1. The van der Waals surface area contributed by atoms with Gasteiger partial charge in [0.2, 0.25) is 0 Å². The van der Waals surface area contributed by atoms with Crippen LogP contribution in [0.5, 0.6) is 0 Å². The van der Waals surface area contributed by atoms with E-state index in [2.05, 4.69) is 25.0 Å². The lowest BCUT2D eigenvalue weighted by molar-refractivity contribution is 0.0736. The minimum absolute atomic E-state index is 0.113. The summed E-state index contributed by atoms with van der Waals surface area (Å²) in [4.78, 5) is 30.4. The molecule has 146 valence electrons. The molecule has 0 N–H and O–H groups in total. The molecule has 1 fully saturated rings. The summed E-state index contributed by atoms with van der Waals surface area (Å²) < 4.78 is 7.17. The number of thiophene rings is 1. The Morgan fingerprint density at radius 3 is 2.72 bits per heavy atom. The molecule has 0 spiro atoms. The maximum absolute atomic E-state index is 12.8. The van der Waals surface area contributed by atoms with Gasteiger partial charge in [-0.15, -0.1) is 11.3 Å². The Morgan fingerprint density at radius 1 is 1.10 bits per heavy atom. The van der Waals surface area contributed by atoms with Gasteiger partial charge in [-0.1, -0.05) is 11.2 Å². The highest BCUT2D eigenvalue weighted by Gasteiger charge is 2.25. The molecule has 0 saturated carbocycles. The number of anilines is 1. The quantitative estimate of drug-likeness (QED) is 0.513. The first-order valence-corrected chi connectivity index (χ1v) is 10.0. The average molecular weight is 407 g/mol. The van der Waals surface area contributed by atoms with E-state index in [0.29, 0.717) is 37.6 Å². The third-order valence-corrected chi connectivity index (χ3v) is 5.68. The van der Waals surface area contributed by atoms with Gasteiger partial charge in [0.25, 0.3) is 5.91 Å². The highest BCUT2D eigenvalue weighted by atomic mass is 32.1. The van der Waals surface area contributed by atoms with Crippen LogP contribution in [-0.2, 0) is 0 Å². The molecule has 10 heteroatoms. The van der Waals surface area contributed by atoms with Gasteiger partial charge in [-0.3, -0.25) is 9.36 Å². The third-order valence-electron chi connectivity index (χ3n) is 4.79. The normalized spacial score (nSPS) is 14.3. The number of aromatic nitrogens is 5. The van der Waals surface area contributed by atoms with Crippen LogP contribution in [-0.4, -0.2) is 61.7 Å². The van der Waals surface area contributed by atoms with Crippen LogP contribution in [0.1, 0.15) is 10.5 Å². The Kier molecular flexibility index (Phi) is 4.53. The Balaban J connectivity index is 1.25. The molecule has 1 aliphatic heterocycles. The van der Waals surface area contributed by atoms with E-state index in [-0.39, 0.29) is 5.91 Å². The summed E-state index contributed by atoms with van der Waals surface area (Å²) in [7, 11) is 0. The zero-order valence-electron chi connectivity index (χ0n) is 15.4. The molecule has 4 aromatic heterocycles. The van der Waals surface area contributed by atoms with Crippen molar-refractivity contribution in [1.29, 1.82) is 0 Å². The number of imidazole rings is 1. The highest BCUT2D eigenvalue weighted by molar-refractivity contribution is 7.13. The first kappa shape index (κ1) is 17.6. The van der Waals surface area contributed by atoms with Crippen molar-refractivity contribution >= 4 is 23.1 Å². The van der Waals surface area contributed by atoms with Gasteiger partial charge in [-0.2, -0.15) is 0 Å². The van der Waals surface area contributed by atoms with Crippen molar-refractivity contribution in [2.45, 2.75) is 0 Å². The molecule has 0 radical (unpaired) electrons. The van der Waals surface area contributed by atoms with Crippen LogP contribution < -0.4 is 4.90 Å². The number of rotatable bonds is 4. The third kappa shape index (κ3) is 3.49.